The standard InChI is InChI=1S/C15H26N2O2Si/c1-10(16)11-7-8-13(12(9-11)14(17)18)19-20(5,6)15(2,3)4/h7-10H,16H2,1-6H3,(H2,17,18). The van der Waals surface area contributed by atoms with E-state index < -0.39 is 14.2 Å². The van der Waals surface area contributed by atoms with Crippen LogP contribution in [0.3, 0.4) is 0 Å². The van der Waals surface area contributed by atoms with E-state index in [0.717, 1.165) is 5.56 Å². The molecular formula is C15H26N2O2Si. The highest BCUT2D eigenvalue weighted by atomic mass is 28.4. The normalized spacial score (nSPS) is 13.9. The van der Waals surface area contributed by atoms with Gasteiger partial charge in [0.2, 0.25) is 0 Å². The number of rotatable bonds is 4. The maximum Gasteiger partial charge on any atom is 0.252 e. The maximum atomic E-state index is 11.6. The molecule has 4 nitrogen and oxygen atoms in total. The van der Waals surface area contributed by atoms with Crippen LogP contribution in [0.5, 0.6) is 5.75 Å². The van der Waals surface area contributed by atoms with Crippen LogP contribution in [0.4, 0.5) is 0 Å². The monoisotopic (exact) mass is 294 g/mol. The lowest BCUT2D eigenvalue weighted by Crippen LogP contribution is -2.44. The molecule has 20 heavy (non-hydrogen) atoms. The van der Waals surface area contributed by atoms with E-state index in [4.69, 9.17) is 15.9 Å². The third kappa shape index (κ3) is 3.61. The fourth-order valence-electron chi connectivity index (χ4n) is 1.54. The molecule has 1 amide bonds. The van der Waals surface area contributed by atoms with Crippen LogP contribution in [0.2, 0.25) is 18.1 Å². The Labute approximate surface area is 122 Å². The average Bonchev–Trinajstić information content (AvgIpc) is 2.26. The SMILES string of the molecule is CC(N)c1ccc(O[Si](C)(C)C(C)(C)C)c(C(N)=O)c1. The first-order valence-corrected chi connectivity index (χ1v) is 9.75. The predicted octanol–water partition coefficient (Wildman–Crippen LogP) is 3.19. The molecule has 0 aliphatic rings. The number of carbonyl (C=O) groups excluding carboxylic acids is 1. The van der Waals surface area contributed by atoms with Crippen molar-refractivity contribution in [3.63, 3.8) is 0 Å². The summed E-state index contributed by atoms with van der Waals surface area (Å²) in [6.45, 7) is 12.6. The Balaban J connectivity index is 3.23. The lowest BCUT2D eigenvalue weighted by Gasteiger charge is -2.37. The third-order valence-electron chi connectivity index (χ3n) is 3.97. The zero-order chi connectivity index (χ0) is 15.7. The molecular weight excluding hydrogens is 268 g/mol. The van der Waals surface area contributed by atoms with E-state index in [2.05, 4.69) is 33.9 Å². The Morgan fingerprint density at radius 1 is 1.30 bits per heavy atom. The van der Waals surface area contributed by atoms with Gasteiger partial charge in [-0.15, -0.1) is 0 Å². The highest BCUT2D eigenvalue weighted by Crippen LogP contribution is 2.38. The van der Waals surface area contributed by atoms with Gasteiger partial charge in [-0.2, -0.15) is 0 Å². The molecule has 0 saturated carbocycles. The topological polar surface area (TPSA) is 78.3 Å². The van der Waals surface area contributed by atoms with Crippen molar-refractivity contribution >= 4 is 14.2 Å². The van der Waals surface area contributed by atoms with Crippen LogP contribution in [0.15, 0.2) is 18.2 Å². The second-order valence-corrected chi connectivity index (χ2v) is 11.5. The predicted molar refractivity (Wildman–Crippen MR) is 85.4 cm³/mol. The van der Waals surface area contributed by atoms with E-state index in [1.807, 2.05) is 13.0 Å². The van der Waals surface area contributed by atoms with Crippen LogP contribution in [0.25, 0.3) is 0 Å². The number of carbonyl (C=O) groups is 1. The highest BCUT2D eigenvalue weighted by molar-refractivity contribution is 6.74. The summed E-state index contributed by atoms with van der Waals surface area (Å²) in [7, 11) is -2.01. The van der Waals surface area contributed by atoms with E-state index in [1.165, 1.54) is 0 Å². The van der Waals surface area contributed by atoms with Gasteiger partial charge in [-0.3, -0.25) is 4.79 Å². The van der Waals surface area contributed by atoms with Gasteiger partial charge in [0.25, 0.3) is 14.2 Å². The van der Waals surface area contributed by atoms with E-state index in [1.54, 1.807) is 12.1 Å². The first kappa shape index (κ1) is 16.7. The average molecular weight is 294 g/mol. The zero-order valence-corrected chi connectivity index (χ0v) is 14.3. The number of primary amides is 1. The molecule has 0 fully saturated rings. The first-order valence-electron chi connectivity index (χ1n) is 6.84. The van der Waals surface area contributed by atoms with Crippen molar-refractivity contribution in [2.24, 2.45) is 11.5 Å². The van der Waals surface area contributed by atoms with Crippen LogP contribution in [-0.2, 0) is 0 Å². The van der Waals surface area contributed by atoms with Gasteiger partial charge in [0.1, 0.15) is 5.75 Å². The molecule has 0 saturated heterocycles. The van der Waals surface area contributed by atoms with Crippen LogP contribution in [-0.4, -0.2) is 14.2 Å². The fourth-order valence-corrected chi connectivity index (χ4v) is 2.57. The Kier molecular flexibility index (Phi) is 4.66. The lowest BCUT2D eigenvalue weighted by atomic mass is 10.0. The van der Waals surface area contributed by atoms with Crippen molar-refractivity contribution < 1.29 is 9.22 Å². The molecule has 1 unspecified atom stereocenters. The molecule has 1 aromatic rings. The van der Waals surface area contributed by atoms with Crippen molar-refractivity contribution in [3.8, 4) is 5.75 Å². The molecule has 0 radical (unpaired) electrons. The highest BCUT2D eigenvalue weighted by Gasteiger charge is 2.39. The Hall–Kier alpha value is -1.33. The van der Waals surface area contributed by atoms with Gasteiger partial charge in [0, 0.05) is 6.04 Å². The fraction of sp³-hybridized carbons (Fsp3) is 0.533. The number of benzene rings is 1. The number of hydrogen-bond acceptors (Lipinski definition) is 3. The van der Waals surface area contributed by atoms with Crippen LogP contribution in [0.1, 0.15) is 49.7 Å². The van der Waals surface area contributed by atoms with E-state index >= 15 is 0 Å². The van der Waals surface area contributed by atoms with Crippen molar-refractivity contribution in [1.82, 2.24) is 0 Å². The Morgan fingerprint density at radius 3 is 2.25 bits per heavy atom. The molecule has 0 aliphatic carbocycles. The minimum Gasteiger partial charge on any atom is -0.543 e. The summed E-state index contributed by atoms with van der Waals surface area (Å²) in [6, 6.07) is 5.28. The zero-order valence-electron chi connectivity index (χ0n) is 13.3. The molecule has 5 heteroatoms. The molecule has 112 valence electrons. The molecule has 0 heterocycles. The Morgan fingerprint density at radius 2 is 1.85 bits per heavy atom. The van der Waals surface area contributed by atoms with E-state index in [0.29, 0.717) is 11.3 Å². The molecule has 1 aromatic carbocycles. The minimum atomic E-state index is -2.01. The largest absolute Gasteiger partial charge is 0.543 e. The van der Waals surface area contributed by atoms with Gasteiger partial charge in [-0.05, 0) is 42.8 Å². The van der Waals surface area contributed by atoms with Gasteiger partial charge in [0.15, 0.2) is 0 Å². The summed E-state index contributed by atoms with van der Waals surface area (Å²) >= 11 is 0. The van der Waals surface area contributed by atoms with Crippen LogP contribution >= 0.6 is 0 Å². The van der Waals surface area contributed by atoms with Crippen LogP contribution in [0, 0.1) is 0 Å². The van der Waals surface area contributed by atoms with Gasteiger partial charge in [0.05, 0.1) is 5.56 Å². The maximum absolute atomic E-state index is 11.6. The summed E-state index contributed by atoms with van der Waals surface area (Å²) in [6.07, 6.45) is 0. The quantitative estimate of drug-likeness (QED) is 0.837. The second-order valence-electron chi connectivity index (χ2n) is 6.77. The van der Waals surface area contributed by atoms with Gasteiger partial charge in [-0.1, -0.05) is 26.8 Å². The molecule has 0 aliphatic heterocycles. The van der Waals surface area contributed by atoms with Crippen molar-refractivity contribution in [2.45, 2.75) is 51.9 Å². The summed E-state index contributed by atoms with van der Waals surface area (Å²) in [5.74, 6) is 0.0784. The Bertz CT molecular complexity index is 505. The molecule has 0 aromatic heterocycles. The van der Waals surface area contributed by atoms with E-state index in [9.17, 15) is 4.79 Å². The molecule has 4 N–H and O–H groups in total. The van der Waals surface area contributed by atoms with Gasteiger partial charge < -0.3 is 15.9 Å². The van der Waals surface area contributed by atoms with Crippen molar-refractivity contribution in [3.05, 3.63) is 29.3 Å². The summed E-state index contributed by atoms with van der Waals surface area (Å²) < 4.78 is 6.19. The molecule has 1 atom stereocenters. The van der Waals surface area contributed by atoms with Gasteiger partial charge in [-0.25, -0.2) is 0 Å². The van der Waals surface area contributed by atoms with Gasteiger partial charge >= 0.3 is 0 Å². The number of hydrogen-bond donors (Lipinski definition) is 2. The lowest BCUT2D eigenvalue weighted by molar-refractivity contribution is 0.0998. The molecule has 0 bridgehead atoms. The molecule has 0 spiro atoms. The first-order chi connectivity index (χ1) is 8.95. The smallest absolute Gasteiger partial charge is 0.252 e. The second kappa shape index (κ2) is 5.58. The third-order valence-corrected chi connectivity index (χ3v) is 8.31. The van der Waals surface area contributed by atoms with Crippen molar-refractivity contribution in [2.75, 3.05) is 0 Å². The summed E-state index contributed by atoms with van der Waals surface area (Å²) in [5.41, 5.74) is 12.6. The minimum absolute atomic E-state index is 0.0573. The number of amides is 1. The van der Waals surface area contributed by atoms with Crippen LogP contribution < -0.4 is 15.9 Å². The molecule has 1 rings (SSSR count). The van der Waals surface area contributed by atoms with Crippen molar-refractivity contribution in [1.29, 1.82) is 0 Å². The van der Waals surface area contributed by atoms with E-state index in [-0.39, 0.29) is 11.1 Å². The summed E-state index contributed by atoms with van der Waals surface area (Å²) in [5, 5.41) is 0.0573. The summed E-state index contributed by atoms with van der Waals surface area (Å²) in [4.78, 5) is 11.6. The number of nitrogens with two attached hydrogens (primary N) is 2.